The third-order valence-electron chi connectivity index (χ3n) is 3.74. The first kappa shape index (κ1) is 21.4. The Morgan fingerprint density at radius 3 is 1.97 bits per heavy atom. The number of hydrogen-bond donors (Lipinski definition) is 2. The van der Waals surface area contributed by atoms with E-state index >= 15 is 0 Å². The largest absolute Gasteiger partial charge is 0.488 e. The molecule has 0 atom stereocenters. The number of benzene rings is 2. The van der Waals surface area contributed by atoms with Gasteiger partial charge in [0.2, 0.25) is 5.95 Å². The van der Waals surface area contributed by atoms with Crippen LogP contribution in [-0.4, -0.2) is 15.6 Å². The second kappa shape index (κ2) is 8.17. The molecule has 0 aliphatic heterocycles. The number of nitrogens with zero attached hydrogens (tertiary/aromatic N) is 2. The summed E-state index contributed by atoms with van der Waals surface area (Å²) < 4.78 is 58.9. The van der Waals surface area contributed by atoms with Crippen LogP contribution in [0.3, 0.4) is 0 Å². The topological polar surface area (TPSA) is 59.1 Å². The molecule has 0 saturated carbocycles. The van der Waals surface area contributed by atoms with Crippen molar-refractivity contribution in [2.24, 2.45) is 0 Å². The molecule has 1 heterocycles. The van der Waals surface area contributed by atoms with Crippen LogP contribution < -0.4 is 15.4 Å². The molecule has 0 aliphatic carbocycles. The lowest BCUT2D eigenvalue weighted by Gasteiger charge is -2.21. The minimum atomic E-state index is -4.65. The summed E-state index contributed by atoms with van der Waals surface area (Å²) in [4.78, 5) is 7.68. The van der Waals surface area contributed by atoms with E-state index in [0.717, 1.165) is 0 Å². The molecule has 9 heteroatoms. The van der Waals surface area contributed by atoms with E-state index in [1.54, 1.807) is 24.3 Å². The van der Waals surface area contributed by atoms with Crippen molar-refractivity contribution in [3.8, 4) is 5.75 Å². The van der Waals surface area contributed by atoms with Crippen molar-refractivity contribution in [3.05, 3.63) is 66.1 Å². The average Bonchev–Trinajstić information content (AvgIpc) is 2.63. The molecule has 2 N–H and O–H groups in total. The maximum absolute atomic E-state index is 13.4. The van der Waals surface area contributed by atoms with E-state index in [-0.39, 0.29) is 5.95 Å². The Bertz CT molecular complexity index is 998. The number of rotatable bonds is 5. The molecule has 0 amide bonds. The van der Waals surface area contributed by atoms with Gasteiger partial charge in [0.1, 0.15) is 28.5 Å². The number of nitrogens with one attached hydrogen (secondary N) is 2. The molecule has 0 radical (unpaired) electrons. The lowest BCUT2D eigenvalue weighted by molar-refractivity contribution is -0.137. The van der Waals surface area contributed by atoms with Crippen LogP contribution >= 0.6 is 0 Å². The van der Waals surface area contributed by atoms with Gasteiger partial charge in [0.25, 0.3) is 0 Å². The fraction of sp³-hybridized carbons (Fsp3) is 0.238. The highest BCUT2D eigenvalue weighted by Gasteiger charge is 2.35. The molecule has 0 spiro atoms. The van der Waals surface area contributed by atoms with Crippen molar-refractivity contribution in [1.29, 1.82) is 0 Å². The lowest BCUT2D eigenvalue weighted by atomic mass is 10.2. The van der Waals surface area contributed by atoms with Crippen LogP contribution in [0.25, 0.3) is 0 Å². The molecular formula is C21H20F4N4O. The molecule has 0 saturated heterocycles. The van der Waals surface area contributed by atoms with Crippen LogP contribution in [0.5, 0.6) is 5.75 Å². The molecule has 1 aromatic heterocycles. The lowest BCUT2D eigenvalue weighted by Crippen LogP contribution is -2.22. The van der Waals surface area contributed by atoms with Gasteiger partial charge in [-0.15, -0.1) is 0 Å². The van der Waals surface area contributed by atoms with Gasteiger partial charge in [0, 0.05) is 17.6 Å². The Morgan fingerprint density at radius 2 is 1.40 bits per heavy atom. The van der Waals surface area contributed by atoms with Gasteiger partial charge in [-0.05, 0) is 69.3 Å². The molecule has 0 fully saturated rings. The summed E-state index contributed by atoms with van der Waals surface area (Å²) in [6.07, 6.45) is -3.95. The van der Waals surface area contributed by atoms with Gasteiger partial charge >= 0.3 is 6.18 Å². The van der Waals surface area contributed by atoms with Crippen LogP contribution in [0.2, 0.25) is 0 Å². The second-order valence-corrected chi connectivity index (χ2v) is 7.45. The molecule has 0 unspecified atom stereocenters. The highest BCUT2D eigenvalue weighted by Crippen LogP contribution is 2.35. The van der Waals surface area contributed by atoms with Crippen molar-refractivity contribution in [2.75, 3.05) is 10.6 Å². The van der Waals surface area contributed by atoms with Crippen LogP contribution in [0.4, 0.5) is 40.7 Å². The van der Waals surface area contributed by atoms with E-state index in [1.807, 2.05) is 20.8 Å². The maximum Gasteiger partial charge on any atom is 0.421 e. The molecule has 5 nitrogen and oxygen atoms in total. The number of anilines is 4. The summed E-state index contributed by atoms with van der Waals surface area (Å²) in [5.74, 6) is -0.322. The molecule has 0 bridgehead atoms. The summed E-state index contributed by atoms with van der Waals surface area (Å²) in [6.45, 7) is 5.68. The summed E-state index contributed by atoms with van der Waals surface area (Å²) in [7, 11) is 0. The fourth-order valence-electron chi connectivity index (χ4n) is 2.50. The predicted octanol–water partition coefficient (Wildman–Crippen LogP) is 6.30. The van der Waals surface area contributed by atoms with Crippen LogP contribution in [-0.2, 0) is 6.18 Å². The quantitative estimate of drug-likeness (QED) is 0.475. The number of alkyl halides is 3. The van der Waals surface area contributed by atoms with Crippen molar-refractivity contribution in [1.82, 2.24) is 9.97 Å². The molecule has 0 aliphatic rings. The van der Waals surface area contributed by atoms with Crippen molar-refractivity contribution in [2.45, 2.75) is 32.5 Å². The van der Waals surface area contributed by atoms with E-state index in [0.29, 0.717) is 23.3 Å². The Hall–Kier alpha value is -3.36. The minimum Gasteiger partial charge on any atom is -0.488 e. The summed E-state index contributed by atoms with van der Waals surface area (Å²) in [5.41, 5.74) is -0.576. The van der Waals surface area contributed by atoms with Gasteiger partial charge in [0.05, 0.1) is 0 Å². The predicted molar refractivity (Wildman–Crippen MR) is 107 cm³/mol. The third kappa shape index (κ3) is 5.82. The van der Waals surface area contributed by atoms with Gasteiger partial charge < -0.3 is 15.4 Å². The summed E-state index contributed by atoms with van der Waals surface area (Å²) in [5, 5.41) is 5.43. The number of hydrogen-bond acceptors (Lipinski definition) is 5. The Kier molecular flexibility index (Phi) is 5.82. The second-order valence-electron chi connectivity index (χ2n) is 7.45. The smallest absolute Gasteiger partial charge is 0.421 e. The fourth-order valence-corrected chi connectivity index (χ4v) is 2.50. The van der Waals surface area contributed by atoms with E-state index in [9.17, 15) is 17.6 Å². The summed E-state index contributed by atoms with van der Waals surface area (Å²) >= 11 is 0. The average molecular weight is 420 g/mol. The first-order valence-corrected chi connectivity index (χ1v) is 9.02. The van der Waals surface area contributed by atoms with E-state index < -0.39 is 29.0 Å². The molecule has 3 rings (SSSR count). The number of halogens is 4. The standard InChI is InChI=1S/C21H20F4N4O/c1-20(2,3)30-16-10-8-14(9-11-16)27-18-17(21(23,24)25)12-26-19(29-18)28-15-6-4-13(22)5-7-15/h4-12H,1-3H3,(H2,26,27,28,29). The first-order valence-electron chi connectivity index (χ1n) is 9.02. The van der Waals surface area contributed by atoms with Crippen molar-refractivity contribution >= 4 is 23.1 Å². The zero-order valence-corrected chi connectivity index (χ0v) is 16.5. The SMILES string of the molecule is CC(C)(C)Oc1ccc(Nc2nc(Nc3ccc(F)cc3)ncc2C(F)(F)F)cc1. The van der Waals surface area contributed by atoms with E-state index in [2.05, 4.69) is 20.6 Å². The van der Waals surface area contributed by atoms with Crippen molar-refractivity contribution in [3.63, 3.8) is 0 Å². The Morgan fingerprint density at radius 1 is 0.833 bits per heavy atom. The van der Waals surface area contributed by atoms with E-state index in [4.69, 9.17) is 4.74 Å². The van der Waals surface area contributed by atoms with Gasteiger partial charge in [-0.3, -0.25) is 0 Å². The molecule has 30 heavy (non-hydrogen) atoms. The Balaban J connectivity index is 1.86. The van der Waals surface area contributed by atoms with Gasteiger partial charge in [0.15, 0.2) is 0 Å². The highest BCUT2D eigenvalue weighted by molar-refractivity contribution is 5.63. The zero-order valence-electron chi connectivity index (χ0n) is 16.5. The first-order chi connectivity index (χ1) is 14.0. The Labute approximate surface area is 171 Å². The molecule has 3 aromatic rings. The number of aromatic nitrogens is 2. The molecule has 158 valence electrons. The van der Waals surface area contributed by atoms with Gasteiger partial charge in [-0.2, -0.15) is 18.2 Å². The van der Waals surface area contributed by atoms with Crippen LogP contribution in [0.15, 0.2) is 54.7 Å². The number of ether oxygens (including phenoxy) is 1. The monoisotopic (exact) mass is 420 g/mol. The highest BCUT2D eigenvalue weighted by atomic mass is 19.4. The molecule has 2 aromatic carbocycles. The van der Waals surface area contributed by atoms with Crippen LogP contribution in [0, 0.1) is 5.82 Å². The van der Waals surface area contributed by atoms with E-state index in [1.165, 1.54) is 24.3 Å². The third-order valence-corrected chi connectivity index (χ3v) is 3.74. The molecular weight excluding hydrogens is 400 g/mol. The van der Waals surface area contributed by atoms with Gasteiger partial charge in [-0.25, -0.2) is 9.37 Å². The van der Waals surface area contributed by atoms with Gasteiger partial charge in [-0.1, -0.05) is 0 Å². The normalized spacial score (nSPS) is 11.8. The zero-order chi connectivity index (χ0) is 21.9. The minimum absolute atomic E-state index is 0.0650. The maximum atomic E-state index is 13.4. The summed E-state index contributed by atoms with van der Waals surface area (Å²) in [6, 6.07) is 11.8. The van der Waals surface area contributed by atoms with Crippen LogP contribution in [0.1, 0.15) is 26.3 Å². The van der Waals surface area contributed by atoms with Crippen molar-refractivity contribution < 1.29 is 22.3 Å².